The number of benzene rings is 2. The standard InChI is InChI=1S/C23H30N2O4/c1-3-18-7-9-19(10-8-18)20-11-13-21(14-12-20)23(27)24-15-16-25(28)22(26)6-4-5-17-29-2/h7-14,28H,3-6,15-17H2,1-2H3,(H,24,27). The van der Waals surface area contributed by atoms with E-state index in [2.05, 4.69) is 36.5 Å². The first-order valence-electron chi connectivity index (χ1n) is 10.0. The van der Waals surface area contributed by atoms with Crippen LogP contribution in [0.2, 0.25) is 0 Å². The second kappa shape index (κ2) is 12.0. The Balaban J connectivity index is 1.78. The van der Waals surface area contributed by atoms with Crippen LogP contribution in [-0.4, -0.2) is 48.9 Å². The number of hydroxylamine groups is 2. The van der Waals surface area contributed by atoms with Gasteiger partial charge in [0.05, 0.1) is 6.54 Å². The summed E-state index contributed by atoms with van der Waals surface area (Å²) in [7, 11) is 1.61. The number of aryl methyl sites for hydroxylation is 1. The molecule has 0 aromatic heterocycles. The molecule has 2 rings (SSSR count). The summed E-state index contributed by atoms with van der Waals surface area (Å²) < 4.78 is 4.92. The second-order valence-electron chi connectivity index (χ2n) is 6.85. The summed E-state index contributed by atoms with van der Waals surface area (Å²) in [5.74, 6) is -0.590. The lowest BCUT2D eigenvalue weighted by Gasteiger charge is -2.15. The number of carbonyl (C=O) groups is 2. The summed E-state index contributed by atoms with van der Waals surface area (Å²) in [6.07, 6.45) is 2.69. The lowest BCUT2D eigenvalue weighted by atomic mass is 10.0. The third-order valence-electron chi connectivity index (χ3n) is 4.73. The smallest absolute Gasteiger partial charge is 0.251 e. The van der Waals surface area contributed by atoms with E-state index in [4.69, 9.17) is 4.74 Å². The predicted octanol–water partition coefficient (Wildman–Crippen LogP) is 3.68. The molecular formula is C23H30N2O4. The van der Waals surface area contributed by atoms with Crippen LogP contribution in [0.25, 0.3) is 11.1 Å². The molecule has 0 heterocycles. The van der Waals surface area contributed by atoms with E-state index in [0.29, 0.717) is 23.7 Å². The molecule has 2 aromatic carbocycles. The summed E-state index contributed by atoms with van der Waals surface area (Å²) in [6, 6.07) is 15.7. The van der Waals surface area contributed by atoms with E-state index < -0.39 is 0 Å². The van der Waals surface area contributed by atoms with Gasteiger partial charge in [-0.3, -0.25) is 14.8 Å². The fraction of sp³-hybridized carbons (Fsp3) is 0.391. The molecule has 0 bridgehead atoms. The minimum absolute atomic E-state index is 0.0523. The highest BCUT2D eigenvalue weighted by atomic mass is 16.5. The highest BCUT2D eigenvalue weighted by molar-refractivity contribution is 5.94. The van der Waals surface area contributed by atoms with E-state index in [0.717, 1.165) is 24.0 Å². The number of nitrogens with zero attached hydrogens (tertiary/aromatic N) is 1. The van der Waals surface area contributed by atoms with E-state index >= 15 is 0 Å². The van der Waals surface area contributed by atoms with Crippen molar-refractivity contribution >= 4 is 11.8 Å². The van der Waals surface area contributed by atoms with Crippen LogP contribution in [0.5, 0.6) is 0 Å². The topological polar surface area (TPSA) is 78.9 Å². The first-order chi connectivity index (χ1) is 14.0. The molecule has 0 aliphatic carbocycles. The van der Waals surface area contributed by atoms with Crippen LogP contribution >= 0.6 is 0 Å². The maximum absolute atomic E-state index is 12.3. The number of nitrogens with one attached hydrogen (secondary N) is 1. The first kappa shape index (κ1) is 22.6. The molecule has 2 aromatic rings. The van der Waals surface area contributed by atoms with Gasteiger partial charge in [-0.05, 0) is 48.1 Å². The van der Waals surface area contributed by atoms with Gasteiger partial charge in [-0.2, -0.15) is 0 Å². The first-order valence-corrected chi connectivity index (χ1v) is 10.0. The Labute approximate surface area is 172 Å². The Kier molecular flexibility index (Phi) is 9.34. The van der Waals surface area contributed by atoms with Gasteiger partial charge < -0.3 is 10.1 Å². The predicted molar refractivity (Wildman–Crippen MR) is 113 cm³/mol. The van der Waals surface area contributed by atoms with Crippen molar-refractivity contribution in [3.8, 4) is 11.1 Å². The Morgan fingerprint density at radius 2 is 1.62 bits per heavy atom. The van der Waals surface area contributed by atoms with Gasteiger partial charge in [0.15, 0.2) is 0 Å². The van der Waals surface area contributed by atoms with Gasteiger partial charge in [0.2, 0.25) is 5.91 Å². The number of ether oxygens (including phenoxy) is 1. The summed E-state index contributed by atoms with van der Waals surface area (Å²) in [5.41, 5.74) is 3.98. The van der Waals surface area contributed by atoms with E-state index in [9.17, 15) is 14.8 Å². The van der Waals surface area contributed by atoms with Crippen LogP contribution in [0.1, 0.15) is 42.1 Å². The number of hydrogen-bond acceptors (Lipinski definition) is 4. The summed E-state index contributed by atoms with van der Waals surface area (Å²) >= 11 is 0. The molecule has 6 nitrogen and oxygen atoms in total. The Bertz CT molecular complexity index is 772. The van der Waals surface area contributed by atoms with Crippen molar-refractivity contribution in [2.24, 2.45) is 0 Å². The molecule has 6 heteroatoms. The molecule has 29 heavy (non-hydrogen) atoms. The number of hydrogen-bond donors (Lipinski definition) is 2. The van der Waals surface area contributed by atoms with Crippen LogP contribution < -0.4 is 5.32 Å². The van der Waals surface area contributed by atoms with Gasteiger partial charge in [-0.1, -0.05) is 43.3 Å². The number of carbonyl (C=O) groups excluding carboxylic acids is 2. The minimum atomic E-state index is -0.353. The molecule has 0 aliphatic heterocycles. The van der Waals surface area contributed by atoms with E-state index in [1.807, 2.05) is 12.1 Å². The molecule has 0 radical (unpaired) electrons. The normalized spacial score (nSPS) is 10.6. The molecule has 2 amide bonds. The van der Waals surface area contributed by atoms with E-state index in [1.54, 1.807) is 19.2 Å². The maximum Gasteiger partial charge on any atom is 0.251 e. The molecule has 0 saturated heterocycles. The van der Waals surface area contributed by atoms with Gasteiger partial charge >= 0.3 is 0 Å². The average molecular weight is 399 g/mol. The zero-order chi connectivity index (χ0) is 21.1. The molecule has 156 valence electrons. The monoisotopic (exact) mass is 398 g/mol. The van der Waals surface area contributed by atoms with Crippen LogP contribution in [0.3, 0.4) is 0 Å². The zero-order valence-electron chi connectivity index (χ0n) is 17.2. The lowest BCUT2D eigenvalue weighted by molar-refractivity contribution is -0.165. The quantitative estimate of drug-likeness (QED) is 0.344. The number of amides is 2. The highest BCUT2D eigenvalue weighted by Gasteiger charge is 2.11. The fourth-order valence-corrected chi connectivity index (χ4v) is 2.90. The van der Waals surface area contributed by atoms with Gasteiger partial charge in [0.1, 0.15) is 0 Å². The zero-order valence-corrected chi connectivity index (χ0v) is 17.2. The lowest BCUT2D eigenvalue weighted by Crippen LogP contribution is -2.36. The summed E-state index contributed by atoms with van der Waals surface area (Å²) in [4.78, 5) is 24.0. The largest absolute Gasteiger partial charge is 0.385 e. The van der Waals surface area contributed by atoms with Crippen molar-refractivity contribution in [1.82, 2.24) is 10.4 Å². The maximum atomic E-state index is 12.3. The molecule has 0 unspecified atom stereocenters. The molecule has 2 N–H and O–H groups in total. The van der Waals surface area contributed by atoms with Gasteiger partial charge in [-0.25, -0.2) is 5.06 Å². The summed E-state index contributed by atoms with van der Waals surface area (Å²) in [5, 5.41) is 13.1. The Morgan fingerprint density at radius 1 is 1.00 bits per heavy atom. The average Bonchev–Trinajstić information content (AvgIpc) is 2.76. The van der Waals surface area contributed by atoms with Gasteiger partial charge in [-0.15, -0.1) is 0 Å². The molecule has 0 spiro atoms. The minimum Gasteiger partial charge on any atom is -0.385 e. The van der Waals surface area contributed by atoms with Crippen LogP contribution in [0.4, 0.5) is 0 Å². The SMILES string of the molecule is CCc1ccc(-c2ccc(C(=O)NCCN(O)C(=O)CCCCOC)cc2)cc1. The van der Waals surface area contributed by atoms with E-state index in [-0.39, 0.29) is 31.3 Å². The van der Waals surface area contributed by atoms with Crippen LogP contribution in [0, 0.1) is 0 Å². The highest BCUT2D eigenvalue weighted by Crippen LogP contribution is 2.20. The van der Waals surface area contributed by atoms with Gasteiger partial charge in [0.25, 0.3) is 5.91 Å². The number of unbranched alkanes of at least 4 members (excludes halogenated alkanes) is 1. The third kappa shape index (κ3) is 7.33. The summed E-state index contributed by atoms with van der Waals surface area (Å²) in [6.45, 7) is 2.95. The molecular weight excluding hydrogens is 368 g/mol. The number of rotatable bonds is 11. The van der Waals surface area contributed by atoms with Crippen molar-refractivity contribution in [1.29, 1.82) is 0 Å². The third-order valence-corrected chi connectivity index (χ3v) is 4.73. The Hall–Kier alpha value is -2.70. The van der Waals surface area contributed by atoms with Crippen LogP contribution in [-0.2, 0) is 16.0 Å². The number of methoxy groups -OCH3 is 1. The second-order valence-corrected chi connectivity index (χ2v) is 6.85. The van der Waals surface area contributed by atoms with Crippen molar-refractivity contribution in [2.45, 2.75) is 32.6 Å². The van der Waals surface area contributed by atoms with E-state index in [1.165, 1.54) is 5.56 Å². The molecule has 0 atom stereocenters. The van der Waals surface area contributed by atoms with Crippen molar-refractivity contribution in [3.05, 3.63) is 59.7 Å². The van der Waals surface area contributed by atoms with Crippen molar-refractivity contribution in [2.75, 3.05) is 26.8 Å². The van der Waals surface area contributed by atoms with Crippen molar-refractivity contribution in [3.63, 3.8) is 0 Å². The Morgan fingerprint density at radius 3 is 2.21 bits per heavy atom. The fourth-order valence-electron chi connectivity index (χ4n) is 2.90. The molecule has 0 aliphatic rings. The van der Waals surface area contributed by atoms with Crippen molar-refractivity contribution < 1.29 is 19.5 Å². The van der Waals surface area contributed by atoms with Crippen LogP contribution in [0.15, 0.2) is 48.5 Å². The molecule has 0 saturated carbocycles. The molecule has 0 fully saturated rings. The van der Waals surface area contributed by atoms with Gasteiger partial charge in [0, 0.05) is 32.2 Å².